The zero-order valence-electron chi connectivity index (χ0n) is 15.0. The van der Waals surface area contributed by atoms with E-state index in [9.17, 15) is 14.7 Å². The molecular formula is C21H21NO4S. The Morgan fingerprint density at radius 2 is 1.70 bits per heavy atom. The van der Waals surface area contributed by atoms with Gasteiger partial charge in [0.25, 0.3) is 0 Å². The van der Waals surface area contributed by atoms with E-state index in [1.807, 2.05) is 31.2 Å². The van der Waals surface area contributed by atoms with Crippen LogP contribution in [0.2, 0.25) is 0 Å². The molecule has 140 valence electrons. The van der Waals surface area contributed by atoms with Crippen LogP contribution in [0.5, 0.6) is 0 Å². The summed E-state index contributed by atoms with van der Waals surface area (Å²) in [5.74, 6) is -0.607. The third-order valence-electron chi connectivity index (χ3n) is 5.27. The van der Waals surface area contributed by atoms with Crippen molar-refractivity contribution in [1.82, 2.24) is 4.90 Å². The zero-order chi connectivity index (χ0) is 19.0. The lowest BCUT2D eigenvalue weighted by molar-refractivity contribution is -0.141. The maximum Gasteiger partial charge on any atom is 0.411 e. The molecule has 5 nitrogen and oxygen atoms in total. The second kappa shape index (κ2) is 7.27. The number of hydrogen-bond acceptors (Lipinski definition) is 4. The number of aliphatic carboxylic acids is 1. The quantitative estimate of drug-likeness (QED) is 0.858. The molecule has 1 saturated heterocycles. The zero-order valence-corrected chi connectivity index (χ0v) is 15.8. The summed E-state index contributed by atoms with van der Waals surface area (Å²) in [6.45, 7) is 2.16. The average molecular weight is 383 g/mol. The summed E-state index contributed by atoms with van der Waals surface area (Å²) in [7, 11) is 0. The summed E-state index contributed by atoms with van der Waals surface area (Å²) in [6, 6.07) is 15.5. The van der Waals surface area contributed by atoms with Crippen LogP contribution < -0.4 is 0 Å². The van der Waals surface area contributed by atoms with Crippen molar-refractivity contribution in [2.75, 3.05) is 12.4 Å². The van der Waals surface area contributed by atoms with Gasteiger partial charge >= 0.3 is 12.1 Å². The van der Waals surface area contributed by atoms with Crippen LogP contribution in [0.15, 0.2) is 48.5 Å². The highest BCUT2D eigenvalue weighted by atomic mass is 32.2. The molecule has 6 heteroatoms. The van der Waals surface area contributed by atoms with Crippen LogP contribution in [-0.4, -0.2) is 45.8 Å². The van der Waals surface area contributed by atoms with Gasteiger partial charge in [-0.1, -0.05) is 55.5 Å². The molecule has 0 aromatic heterocycles. The fourth-order valence-electron chi connectivity index (χ4n) is 3.98. The van der Waals surface area contributed by atoms with Crippen molar-refractivity contribution in [3.63, 3.8) is 0 Å². The summed E-state index contributed by atoms with van der Waals surface area (Å²) >= 11 is 1.49. The Labute approximate surface area is 162 Å². The van der Waals surface area contributed by atoms with Crippen LogP contribution in [-0.2, 0) is 9.53 Å². The van der Waals surface area contributed by atoms with E-state index in [1.54, 1.807) is 0 Å². The summed E-state index contributed by atoms with van der Waals surface area (Å²) in [5.41, 5.74) is 4.62. The number of nitrogens with zero attached hydrogens (tertiary/aromatic N) is 1. The Hall–Kier alpha value is -2.47. The maximum atomic E-state index is 12.7. The van der Waals surface area contributed by atoms with Gasteiger partial charge in [0.1, 0.15) is 12.6 Å². The number of carboxylic acids is 1. The largest absolute Gasteiger partial charge is 0.480 e. The number of carbonyl (C=O) groups is 2. The Morgan fingerprint density at radius 3 is 2.26 bits per heavy atom. The first-order valence-electron chi connectivity index (χ1n) is 9.09. The molecule has 1 N–H and O–H groups in total. The summed E-state index contributed by atoms with van der Waals surface area (Å²) in [5, 5.41) is 9.27. The lowest BCUT2D eigenvalue weighted by atomic mass is 9.98. The third-order valence-corrected chi connectivity index (χ3v) is 6.73. The molecule has 2 aliphatic rings. The van der Waals surface area contributed by atoms with Crippen molar-refractivity contribution in [1.29, 1.82) is 0 Å². The van der Waals surface area contributed by atoms with Crippen molar-refractivity contribution >= 4 is 23.8 Å². The van der Waals surface area contributed by atoms with Crippen LogP contribution in [0.1, 0.15) is 30.4 Å². The molecule has 0 saturated carbocycles. The third kappa shape index (κ3) is 3.08. The monoisotopic (exact) mass is 383 g/mol. The van der Waals surface area contributed by atoms with Gasteiger partial charge in [0.05, 0.1) is 5.37 Å². The van der Waals surface area contributed by atoms with Crippen molar-refractivity contribution in [3.8, 4) is 11.1 Å². The number of thioether (sulfide) groups is 1. The lowest BCUT2D eigenvalue weighted by Gasteiger charge is -2.26. The highest BCUT2D eigenvalue weighted by Crippen LogP contribution is 2.44. The molecule has 1 aliphatic heterocycles. The highest BCUT2D eigenvalue weighted by Gasteiger charge is 2.42. The Kier molecular flexibility index (Phi) is 4.83. The van der Waals surface area contributed by atoms with Crippen LogP contribution in [0.4, 0.5) is 4.79 Å². The minimum absolute atomic E-state index is 0.0278. The average Bonchev–Trinajstić information content (AvgIpc) is 3.26. The molecule has 2 aromatic rings. The van der Waals surface area contributed by atoms with E-state index >= 15 is 0 Å². The molecule has 27 heavy (non-hydrogen) atoms. The number of benzene rings is 2. The molecule has 2 aromatic carbocycles. The predicted octanol–water partition coefficient (Wildman–Crippen LogP) is 4.17. The Balaban J connectivity index is 1.55. The Bertz CT molecular complexity index is 838. The first-order chi connectivity index (χ1) is 13.1. The van der Waals surface area contributed by atoms with E-state index in [0.717, 1.165) is 11.1 Å². The minimum Gasteiger partial charge on any atom is -0.480 e. The molecule has 0 spiro atoms. The number of rotatable bonds is 4. The summed E-state index contributed by atoms with van der Waals surface area (Å²) in [4.78, 5) is 25.6. The smallest absolute Gasteiger partial charge is 0.411 e. The summed E-state index contributed by atoms with van der Waals surface area (Å²) in [6.07, 6.45) is 0.152. The SMILES string of the molecule is CCC1SCC(C(=O)O)N1C(=O)OCC1c2ccccc2-c2ccccc21. The predicted molar refractivity (Wildman–Crippen MR) is 105 cm³/mol. The van der Waals surface area contributed by atoms with Crippen LogP contribution >= 0.6 is 11.8 Å². The van der Waals surface area contributed by atoms with E-state index < -0.39 is 18.1 Å². The normalized spacial score (nSPS) is 21.0. The first kappa shape index (κ1) is 17.9. The molecule has 0 radical (unpaired) electrons. The Morgan fingerprint density at radius 1 is 1.11 bits per heavy atom. The van der Waals surface area contributed by atoms with Gasteiger partial charge in [-0.15, -0.1) is 11.8 Å². The van der Waals surface area contributed by atoms with Crippen LogP contribution in [0.25, 0.3) is 11.1 Å². The van der Waals surface area contributed by atoms with Crippen LogP contribution in [0.3, 0.4) is 0 Å². The molecular weight excluding hydrogens is 362 g/mol. The molecule has 2 unspecified atom stereocenters. The van der Waals surface area contributed by atoms with E-state index in [-0.39, 0.29) is 17.9 Å². The fraction of sp³-hybridized carbons (Fsp3) is 0.333. The highest BCUT2D eigenvalue weighted by molar-refractivity contribution is 8.00. The minimum atomic E-state index is -0.980. The van der Waals surface area contributed by atoms with Crippen molar-refractivity contribution < 1.29 is 19.4 Å². The number of fused-ring (bicyclic) bond motifs is 3. The molecule has 1 aliphatic carbocycles. The van der Waals surface area contributed by atoms with Gasteiger partial charge in [-0.2, -0.15) is 0 Å². The van der Waals surface area contributed by atoms with Gasteiger partial charge < -0.3 is 9.84 Å². The standard InChI is InChI=1S/C21H21NO4S/c1-2-19-22(18(12-27-19)20(23)24)21(25)26-11-17-15-9-5-3-7-13(15)14-8-4-6-10-16(14)17/h3-10,17-19H,2,11-12H2,1H3,(H,23,24). The topological polar surface area (TPSA) is 66.8 Å². The maximum absolute atomic E-state index is 12.7. The molecule has 4 rings (SSSR count). The second-order valence-electron chi connectivity index (χ2n) is 6.76. The van der Waals surface area contributed by atoms with Gasteiger partial charge in [-0.25, -0.2) is 9.59 Å². The second-order valence-corrected chi connectivity index (χ2v) is 7.97. The summed E-state index contributed by atoms with van der Waals surface area (Å²) < 4.78 is 5.65. The number of amides is 1. The van der Waals surface area contributed by atoms with Gasteiger partial charge in [0.15, 0.2) is 0 Å². The van der Waals surface area contributed by atoms with Crippen molar-refractivity contribution in [3.05, 3.63) is 59.7 Å². The van der Waals surface area contributed by atoms with E-state index in [1.165, 1.54) is 27.8 Å². The molecule has 1 amide bonds. The lowest BCUT2D eigenvalue weighted by Crippen LogP contribution is -2.46. The molecule has 0 bridgehead atoms. The van der Waals surface area contributed by atoms with E-state index in [4.69, 9.17) is 4.74 Å². The van der Waals surface area contributed by atoms with Crippen LogP contribution in [0, 0.1) is 0 Å². The number of hydrogen-bond donors (Lipinski definition) is 1. The molecule has 1 fully saturated rings. The number of carboxylic acid groups (broad SMARTS) is 1. The number of ether oxygens (including phenoxy) is 1. The van der Waals surface area contributed by atoms with E-state index in [0.29, 0.717) is 12.2 Å². The van der Waals surface area contributed by atoms with E-state index in [2.05, 4.69) is 24.3 Å². The van der Waals surface area contributed by atoms with Gasteiger partial charge in [-0.3, -0.25) is 4.90 Å². The molecule has 2 atom stereocenters. The first-order valence-corrected chi connectivity index (χ1v) is 10.1. The van der Waals surface area contributed by atoms with Crippen molar-refractivity contribution in [2.24, 2.45) is 0 Å². The van der Waals surface area contributed by atoms with Gasteiger partial charge in [-0.05, 0) is 28.7 Å². The molecule has 1 heterocycles. The van der Waals surface area contributed by atoms with Gasteiger partial charge in [0.2, 0.25) is 0 Å². The van der Waals surface area contributed by atoms with Gasteiger partial charge in [0, 0.05) is 11.7 Å². The number of carbonyl (C=O) groups excluding carboxylic acids is 1. The van der Waals surface area contributed by atoms with Crippen molar-refractivity contribution in [2.45, 2.75) is 30.7 Å². The fourth-order valence-corrected chi connectivity index (χ4v) is 5.32.